The molecule has 0 saturated heterocycles. The van der Waals surface area contributed by atoms with Crippen molar-refractivity contribution in [2.75, 3.05) is 0 Å². The molecule has 30 heavy (non-hydrogen) atoms. The molecule has 0 aliphatic carbocycles. The Morgan fingerprint density at radius 3 is 2.57 bits per heavy atom. The van der Waals surface area contributed by atoms with Crippen LogP contribution in [0.2, 0.25) is 5.02 Å². The van der Waals surface area contributed by atoms with Gasteiger partial charge in [-0.2, -0.15) is 5.10 Å². The zero-order valence-electron chi connectivity index (χ0n) is 15.4. The molecule has 6 aromatic rings. The highest BCUT2D eigenvalue weighted by Crippen LogP contribution is 2.32. The third-order valence-corrected chi connectivity index (χ3v) is 5.30. The molecule has 0 spiro atoms. The molecule has 0 saturated carbocycles. The minimum absolute atomic E-state index is 0.128. The average molecular weight is 413 g/mol. The summed E-state index contributed by atoms with van der Waals surface area (Å²) in [5.41, 5.74) is 2.62. The van der Waals surface area contributed by atoms with E-state index in [0.29, 0.717) is 27.7 Å². The summed E-state index contributed by atoms with van der Waals surface area (Å²) in [6.07, 6.45) is 3.30. The molecule has 3 aromatic carbocycles. The van der Waals surface area contributed by atoms with Crippen molar-refractivity contribution < 1.29 is 5.11 Å². The first-order chi connectivity index (χ1) is 14.7. The van der Waals surface area contributed by atoms with Gasteiger partial charge in [0.25, 0.3) is 0 Å². The first-order valence-electron chi connectivity index (χ1n) is 9.24. The van der Waals surface area contributed by atoms with Crippen molar-refractivity contribution >= 4 is 39.1 Å². The fraction of sp³-hybridized carbons (Fsp3) is 0. The van der Waals surface area contributed by atoms with Gasteiger partial charge < -0.3 is 5.11 Å². The fourth-order valence-corrected chi connectivity index (χ4v) is 3.82. The molecule has 144 valence electrons. The number of hydrogen-bond donors (Lipinski definition) is 1. The number of aromatic hydroxyl groups is 1. The molecule has 8 heteroatoms. The second-order valence-electron chi connectivity index (χ2n) is 6.94. The molecule has 3 heterocycles. The summed E-state index contributed by atoms with van der Waals surface area (Å²) >= 11 is 6.12. The van der Waals surface area contributed by atoms with Gasteiger partial charge in [0.2, 0.25) is 0 Å². The summed E-state index contributed by atoms with van der Waals surface area (Å²) in [5, 5.41) is 22.8. The van der Waals surface area contributed by atoms with Crippen molar-refractivity contribution in [2.24, 2.45) is 0 Å². The maximum atomic E-state index is 10.5. The van der Waals surface area contributed by atoms with Crippen molar-refractivity contribution in [3.8, 4) is 22.8 Å². The summed E-state index contributed by atoms with van der Waals surface area (Å²) in [4.78, 5) is 9.19. The highest BCUT2D eigenvalue weighted by Gasteiger charge is 2.16. The molecular weight excluding hydrogens is 400 g/mol. The molecule has 0 aliphatic rings. The molecule has 6 rings (SSSR count). The number of phenols is 1. The van der Waals surface area contributed by atoms with Gasteiger partial charge in [0.05, 0.1) is 22.8 Å². The number of aromatic nitrogens is 6. The third-order valence-electron chi connectivity index (χ3n) is 5.06. The number of hydrogen-bond acceptors (Lipinski definition) is 5. The summed E-state index contributed by atoms with van der Waals surface area (Å²) in [6.45, 7) is 0. The standard InChI is InChI=1S/C22H13ClN6O/c23-15-6-3-7-16(10-15)29-21-18(11-25-29)22-26-20(27-28(22)12-24-21)17-8-13-4-1-2-5-14(13)9-19(17)30/h1-12,30H. The average Bonchev–Trinajstić information content (AvgIpc) is 3.37. The number of benzene rings is 3. The van der Waals surface area contributed by atoms with Gasteiger partial charge in [0, 0.05) is 5.02 Å². The molecule has 0 bridgehead atoms. The topological polar surface area (TPSA) is 81.1 Å². The monoisotopic (exact) mass is 412 g/mol. The number of nitrogens with zero attached hydrogens (tertiary/aromatic N) is 6. The normalized spacial score (nSPS) is 11.6. The molecule has 0 fully saturated rings. The van der Waals surface area contributed by atoms with Crippen LogP contribution in [0, 0.1) is 0 Å². The quantitative estimate of drug-likeness (QED) is 0.448. The van der Waals surface area contributed by atoms with Crippen LogP contribution in [0.25, 0.3) is 44.5 Å². The number of rotatable bonds is 2. The molecule has 3 aromatic heterocycles. The van der Waals surface area contributed by atoms with E-state index < -0.39 is 0 Å². The van der Waals surface area contributed by atoms with Crippen LogP contribution in [0.1, 0.15) is 0 Å². The largest absolute Gasteiger partial charge is 0.507 e. The van der Waals surface area contributed by atoms with Gasteiger partial charge in [-0.05, 0) is 41.1 Å². The van der Waals surface area contributed by atoms with Crippen LogP contribution >= 0.6 is 11.6 Å². The summed E-state index contributed by atoms with van der Waals surface area (Å²) in [7, 11) is 0. The molecule has 0 amide bonds. The van der Waals surface area contributed by atoms with Crippen LogP contribution in [0.4, 0.5) is 0 Å². The first kappa shape index (κ1) is 16.9. The van der Waals surface area contributed by atoms with E-state index >= 15 is 0 Å². The lowest BCUT2D eigenvalue weighted by molar-refractivity contribution is 0.477. The summed E-state index contributed by atoms with van der Waals surface area (Å²) < 4.78 is 3.30. The van der Waals surface area contributed by atoms with Crippen molar-refractivity contribution in [1.82, 2.24) is 29.4 Å². The van der Waals surface area contributed by atoms with E-state index in [2.05, 4.69) is 20.2 Å². The third kappa shape index (κ3) is 2.53. The lowest BCUT2D eigenvalue weighted by Gasteiger charge is -2.03. The molecule has 1 N–H and O–H groups in total. The number of halogens is 1. The highest BCUT2D eigenvalue weighted by molar-refractivity contribution is 6.30. The maximum absolute atomic E-state index is 10.5. The zero-order valence-corrected chi connectivity index (χ0v) is 16.2. The first-order valence-corrected chi connectivity index (χ1v) is 9.62. The second-order valence-corrected chi connectivity index (χ2v) is 7.37. The molecular formula is C22H13ClN6O. The molecule has 0 unspecified atom stereocenters. The SMILES string of the molecule is Oc1cc2ccccc2cc1-c1nc2c3cnn(-c4cccc(Cl)c4)c3ncn2n1. The Morgan fingerprint density at radius 2 is 1.73 bits per heavy atom. The predicted molar refractivity (Wildman–Crippen MR) is 115 cm³/mol. The summed E-state index contributed by atoms with van der Waals surface area (Å²) in [6, 6.07) is 18.8. The Balaban J connectivity index is 1.55. The van der Waals surface area contributed by atoms with E-state index in [-0.39, 0.29) is 5.75 Å². The van der Waals surface area contributed by atoms with E-state index in [1.807, 2.05) is 54.6 Å². The lowest BCUT2D eigenvalue weighted by Crippen LogP contribution is -1.98. The van der Waals surface area contributed by atoms with E-state index in [1.54, 1.807) is 27.8 Å². The smallest absolute Gasteiger partial charge is 0.185 e. The van der Waals surface area contributed by atoms with Crippen LogP contribution in [0.3, 0.4) is 0 Å². The van der Waals surface area contributed by atoms with E-state index in [1.165, 1.54) is 0 Å². The lowest BCUT2D eigenvalue weighted by atomic mass is 10.1. The zero-order chi connectivity index (χ0) is 20.2. The Hall–Kier alpha value is -3.97. The highest BCUT2D eigenvalue weighted by atomic mass is 35.5. The van der Waals surface area contributed by atoms with Crippen molar-refractivity contribution in [3.05, 3.63) is 78.2 Å². The van der Waals surface area contributed by atoms with E-state index in [0.717, 1.165) is 21.8 Å². The van der Waals surface area contributed by atoms with Crippen LogP contribution in [0.15, 0.2) is 73.2 Å². The van der Waals surface area contributed by atoms with Gasteiger partial charge in [-0.15, -0.1) is 5.10 Å². The number of fused-ring (bicyclic) bond motifs is 4. The van der Waals surface area contributed by atoms with Crippen LogP contribution in [-0.2, 0) is 0 Å². The minimum atomic E-state index is 0.128. The van der Waals surface area contributed by atoms with Crippen molar-refractivity contribution in [1.29, 1.82) is 0 Å². The van der Waals surface area contributed by atoms with Gasteiger partial charge in [0.1, 0.15) is 12.1 Å². The fourth-order valence-electron chi connectivity index (χ4n) is 3.64. The molecule has 0 radical (unpaired) electrons. The molecule has 7 nitrogen and oxygen atoms in total. The van der Waals surface area contributed by atoms with Crippen molar-refractivity contribution in [2.45, 2.75) is 0 Å². The van der Waals surface area contributed by atoms with Gasteiger partial charge in [-0.25, -0.2) is 19.2 Å². The van der Waals surface area contributed by atoms with Gasteiger partial charge in [0.15, 0.2) is 17.1 Å². The van der Waals surface area contributed by atoms with Crippen LogP contribution in [-0.4, -0.2) is 34.5 Å². The van der Waals surface area contributed by atoms with Gasteiger partial charge >= 0.3 is 0 Å². The van der Waals surface area contributed by atoms with Crippen molar-refractivity contribution in [3.63, 3.8) is 0 Å². The number of phenolic OH excluding ortho intramolecular Hbond substituents is 1. The minimum Gasteiger partial charge on any atom is -0.507 e. The Morgan fingerprint density at radius 1 is 0.900 bits per heavy atom. The van der Waals surface area contributed by atoms with E-state index in [4.69, 9.17) is 11.6 Å². The Bertz CT molecular complexity index is 1590. The Kier molecular flexibility index (Phi) is 3.54. The maximum Gasteiger partial charge on any atom is 0.185 e. The van der Waals surface area contributed by atoms with Crippen LogP contribution in [0.5, 0.6) is 5.75 Å². The van der Waals surface area contributed by atoms with Gasteiger partial charge in [-0.1, -0.05) is 41.9 Å². The van der Waals surface area contributed by atoms with Gasteiger partial charge in [-0.3, -0.25) is 0 Å². The molecule has 0 atom stereocenters. The summed E-state index contributed by atoms with van der Waals surface area (Å²) in [5.74, 6) is 0.548. The predicted octanol–water partition coefficient (Wildman–Crippen LogP) is 4.64. The molecule has 0 aliphatic heterocycles. The second kappa shape index (κ2) is 6.27. The van der Waals surface area contributed by atoms with E-state index in [9.17, 15) is 5.11 Å². The van der Waals surface area contributed by atoms with Crippen LogP contribution < -0.4 is 0 Å². The Labute approximate surface area is 174 Å².